The summed E-state index contributed by atoms with van der Waals surface area (Å²) < 4.78 is 5.08. The van der Waals surface area contributed by atoms with E-state index < -0.39 is 6.04 Å². The number of nitriles is 1. The van der Waals surface area contributed by atoms with Crippen LogP contribution in [0.15, 0.2) is 18.5 Å². The highest BCUT2D eigenvalue weighted by molar-refractivity contribution is 5.81. The number of nitrogens with zero attached hydrogens (tertiary/aromatic N) is 3. The zero-order chi connectivity index (χ0) is 13.7. The smallest absolute Gasteiger partial charge is 0.330 e. The Kier molecular flexibility index (Phi) is 4.31. The Morgan fingerprint density at radius 3 is 3.32 bits per heavy atom. The Balaban J connectivity index is 2.29. The van der Waals surface area contributed by atoms with Crippen molar-refractivity contribution in [3.8, 4) is 6.07 Å². The zero-order valence-corrected chi connectivity index (χ0v) is 10.8. The zero-order valence-electron chi connectivity index (χ0n) is 10.8. The van der Waals surface area contributed by atoms with Gasteiger partial charge in [0.2, 0.25) is 0 Å². The number of esters is 1. The number of hydrogen-bond donors (Lipinski definition) is 1. The van der Waals surface area contributed by atoms with Gasteiger partial charge in [0.15, 0.2) is 0 Å². The van der Waals surface area contributed by atoms with Gasteiger partial charge in [0, 0.05) is 25.8 Å². The molecule has 6 nitrogen and oxygen atoms in total. The molecule has 19 heavy (non-hydrogen) atoms. The van der Waals surface area contributed by atoms with Gasteiger partial charge in [0.05, 0.1) is 24.1 Å². The minimum Gasteiger partial charge on any atom is -0.464 e. The lowest BCUT2D eigenvalue weighted by Gasteiger charge is -2.36. The van der Waals surface area contributed by atoms with E-state index >= 15 is 0 Å². The molecule has 1 aliphatic heterocycles. The standard InChI is InChI=1S/C13H16N4O2/c1-2-19-13(18)12-9-16-5-6-17(12)11-8-15-4-3-10(11)7-14/h3-4,8,12,16H,2,5-6,9H2,1H3. The minimum absolute atomic E-state index is 0.276. The van der Waals surface area contributed by atoms with Gasteiger partial charge in [-0.1, -0.05) is 0 Å². The third kappa shape index (κ3) is 2.83. The second-order valence-electron chi connectivity index (χ2n) is 4.17. The van der Waals surface area contributed by atoms with Gasteiger partial charge in [-0.15, -0.1) is 0 Å². The number of pyridine rings is 1. The summed E-state index contributed by atoms with van der Waals surface area (Å²) >= 11 is 0. The number of nitrogens with one attached hydrogen (secondary N) is 1. The van der Waals surface area contributed by atoms with Crippen LogP contribution in [0.5, 0.6) is 0 Å². The third-order valence-corrected chi connectivity index (χ3v) is 3.03. The van der Waals surface area contributed by atoms with Crippen LogP contribution >= 0.6 is 0 Å². The molecule has 100 valence electrons. The first-order valence-corrected chi connectivity index (χ1v) is 6.26. The molecule has 1 aromatic rings. The number of carbonyl (C=O) groups excluding carboxylic acids is 1. The lowest BCUT2D eigenvalue weighted by atomic mass is 10.1. The van der Waals surface area contributed by atoms with E-state index in [2.05, 4.69) is 16.4 Å². The largest absolute Gasteiger partial charge is 0.464 e. The summed E-state index contributed by atoms with van der Waals surface area (Å²) in [6.07, 6.45) is 3.19. The molecule has 1 aliphatic rings. The van der Waals surface area contributed by atoms with Crippen molar-refractivity contribution in [2.75, 3.05) is 31.1 Å². The molecule has 1 fully saturated rings. The molecule has 0 aromatic carbocycles. The first-order valence-electron chi connectivity index (χ1n) is 6.26. The number of carbonyl (C=O) groups is 1. The van der Waals surface area contributed by atoms with E-state index in [-0.39, 0.29) is 5.97 Å². The summed E-state index contributed by atoms with van der Waals surface area (Å²) in [7, 11) is 0. The van der Waals surface area contributed by atoms with Crippen molar-refractivity contribution in [2.24, 2.45) is 0 Å². The molecule has 6 heteroatoms. The average molecular weight is 260 g/mol. The number of aromatic nitrogens is 1. The van der Waals surface area contributed by atoms with Crippen LogP contribution in [0.2, 0.25) is 0 Å². The molecule has 0 radical (unpaired) electrons. The number of hydrogen-bond acceptors (Lipinski definition) is 6. The molecule has 1 N–H and O–H groups in total. The fraction of sp³-hybridized carbons (Fsp3) is 0.462. The second-order valence-corrected chi connectivity index (χ2v) is 4.17. The number of anilines is 1. The van der Waals surface area contributed by atoms with Gasteiger partial charge in [0.25, 0.3) is 0 Å². The molecule has 0 saturated carbocycles. The van der Waals surface area contributed by atoms with E-state index in [0.29, 0.717) is 30.9 Å². The van der Waals surface area contributed by atoms with Crippen LogP contribution in [-0.4, -0.2) is 43.2 Å². The topological polar surface area (TPSA) is 78.2 Å². The SMILES string of the molecule is CCOC(=O)C1CNCCN1c1cnccc1C#N. The molecule has 0 amide bonds. The van der Waals surface area contributed by atoms with Gasteiger partial charge in [-0.3, -0.25) is 4.98 Å². The van der Waals surface area contributed by atoms with Crippen LogP contribution in [0.25, 0.3) is 0 Å². The first kappa shape index (κ1) is 13.3. The maximum atomic E-state index is 12.0. The van der Waals surface area contributed by atoms with Crippen molar-refractivity contribution >= 4 is 11.7 Å². The molecule has 1 aromatic heterocycles. The van der Waals surface area contributed by atoms with E-state index in [1.54, 1.807) is 25.4 Å². The van der Waals surface area contributed by atoms with Gasteiger partial charge < -0.3 is 15.0 Å². The molecule has 1 saturated heterocycles. The Morgan fingerprint density at radius 1 is 1.74 bits per heavy atom. The van der Waals surface area contributed by atoms with Crippen LogP contribution in [0.3, 0.4) is 0 Å². The quantitative estimate of drug-likeness (QED) is 0.787. The normalized spacial score (nSPS) is 18.7. The molecule has 1 unspecified atom stereocenters. The Bertz CT molecular complexity index is 498. The third-order valence-electron chi connectivity index (χ3n) is 3.03. The average Bonchev–Trinajstić information content (AvgIpc) is 2.47. The van der Waals surface area contributed by atoms with Crippen LogP contribution in [-0.2, 0) is 9.53 Å². The molecule has 1 atom stereocenters. The lowest BCUT2D eigenvalue weighted by Crippen LogP contribution is -2.55. The van der Waals surface area contributed by atoms with E-state index in [9.17, 15) is 4.79 Å². The van der Waals surface area contributed by atoms with Crippen LogP contribution < -0.4 is 10.2 Å². The molecule has 2 heterocycles. The van der Waals surface area contributed by atoms with E-state index in [1.165, 1.54) is 0 Å². The molecule has 0 bridgehead atoms. The Hall–Kier alpha value is -2.13. The highest BCUT2D eigenvalue weighted by atomic mass is 16.5. The van der Waals surface area contributed by atoms with Gasteiger partial charge in [-0.05, 0) is 13.0 Å². The molecular formula is C13H16N4O2. The van der Waals surface area contributed by atoms with Crippen LogP contribution in [0.1, 0.15) is 12.5 Å². The van der Waals surface area contributed by atoms with Crippen LogP contribution in [0.4, 0.5) is 5.69 Å². The maximum Gasteiger partial charge on any atom is 0.330 e. The fourth-order valence-corrected chi connectivity index (χ4v) is 2.15. The Morgan fingerprint density at radius 2 is 2.58 bits per heavy atom. The van der Waals surface area contributed by atoms with Crippen molar-refractivity contribution < 1.29 is 9.53 Å². The predicted octanol–water partition coefficient (Wildman–Crippen LogP) is 0.295. The number of rotatable bonds is 3. The predicted molar refractivity (Wildman–Crippen MR) is 69.6 cm³/mol. The first-order chi connectivity index (χ1) is 9.27. The van der Waals surface area contributed by atoms with Gasteiger partial charge >= 0.3 is 5.97 Å². The summed E-state index contributed by atoms with van der Waals surface area (Å²) in [5.41, 5.74) is 1.20. The summed E-state index contributed by atoms with van der Waals surface area (Å²) in [6.45, 7) is 4.04. The van der Waals surface area contributed by atoms with E-state index in [4.69, 9.17) is 10.00 Å². The lowest BCUT2D eigenvalue weighted by molar-refractivity contribution is -0.144. The highest BCUT2D eigenvalue weighted by Crippen LogP contribution is 2.22. The van der Waals surface area contributed by atoms with Crippen LogP contribution in [0, 0.1) is 11.3 Å². The molecular weight excluding hydrogens is 244 g/mol. The maximum absolute atomic E-state index is 12.0. The molecule has 2 rings (SSSR count). The molecule has 0 aliphatic carbocycles. The summed E-state index contributed by atoms with van der Waals surface area (Å²) in [6, 6.07) is 3.37. The van der Waals surface area contributed by atoms with Crippen molar-refractivity contribution in [1.82, 2.24) is 10.3 Å². The minimum atomic E-state index is -0.412. The Labute approximate surface area is 112 Å². The van der Waals surface area contributed by atoms with Gasteiger partial charge in [-0.2, -0.15) is 5.26 Å². The number of piperazine rings is 1. The van der Waals surface area contributed by atoms with Crippen molar-refractivity contribution in [3.05, 3.63) is 24.0 Å². The monoisotopic (exact) mass is 260 g/mol. The summed E-state index contributed by atoms with van der Waals surface area (Å²) in [5.74, 6) is -0.276. The van der Waals surface area contributed by atoms with E-state index in [1.807, 2.05) is 4.90 Å². The van der Waals surface area contributed by atoms with E-state index in [0.717, 1.165) is 6.54 Å². The van der Waals surface area contributed by atoms with Crippen molar-refractivity contribution in [3.63, 3.8) is 0 Å². The molecule has 0 spiro atoms. The summed E-state index contributed by atoms with van der Waals surface area (Å²) in [4.78, 5) is 17.9. The second kappa shape index (κ2) is 6.16. The summed E-state index contributed by atoms with van der Waals surface area (Å²) in [5, 5.41) is 12.3. The number of ether oxygens (including phenoxy) is 1. The van der Waals surface area contributed by atoms with Gasteiger partial charge in [0.1, 0.15) is 12.1 Å². The van der Waals surface area contributed by atoms with Gasteiger partial charge in [-0.25, -0.2) is 4.79 Å². The fourth-order valence-electron chi connectivity index (χ4n) is 2.15. The van der Waals surface area contributed by atoms with Crippen molar-refractivity contribution in [1.29, 1.82) is 5.26 Å². The van der Waals surface area contributed by atoms with Crippen molar-refractivity contribution in [2.45, 2.75) is 13.0 Å². The highest BCUT2D eigenvalue weighted by Gasteiger charge is 2.31.